The van der Waals surface area contributed by atoms with Crippen LogP contribution < -0.4 is 0 Å². The molecule has 0 aromatic heterocycles. The minimum Gasteiger partial charge on any atom is -0.393 e. The van der Waals surface area contributed by atoms with Gasteiger partial charge in [0.15, 0.2) is 0 Å². The molecular formula is C8H16I2O. The topological polar surface area (TPSA) is 20.2 Å². The van der Waals surface area contributed by atoms with Crippen LogP contribution in [0.1, 0.15) is 20.3 Å². The van der Waals surface area contributed by atoms with Crippen molar-refractivity contribution >= 4 is 45.2 Å². The Kier molecular flexibility index (Phi) is 7.77. The van der Waals surface area contributed by atoms with Gasteiger partial charge in [0.05, 0.1) is 6.10 Å². The lowest BCUT2D eigenvalue weighted by Gasteiger charge is -2.19. The Morgan fingerprint density at radius 1 is 1.18 bits per heavy atom. The highest BCUT2D eigenvalue weighted by atomic mass is 127. The summed E-state index contributed by atoms with van der Waals surface area (Å²) in [5.41, 5.74) is 0. The number of alkyl halides is 2. The van der Waals surface area contributed by atoms with Crippen LogP contribution in [0, 0.1) is 11.8 Å². The third-order valence-corrected chi connectivity index (χ3v) is 4.70. The number of aliphatic hydroxyl groups excluding tert-OH is 1. The molecule has 3 unspecified atom stereocenters. The van der Waals surface area contributed by atoms with Crippen molar-refractivity contribution in [1.29, 1.82) is 0 Å². The van der Waals surface area contributed by atoms with Crippen LogP contribution in [0.3, 0.4) is 0 Å². The van der Waals surface area contributed by atoms with E-state index in [1.807, 2.05) is 0 Å². The van der Waals surface area contributed by atoms with Crippen LogP contribution >= 0.6 is 45.2 Å². The third kappa shape index (κ3) is 5.63. The first-order valence-electron chi connectivity index (χ1n) is 3.91. The maximum Gasteiger partial charge on any atom is 0.0575 e. The molecule has 0 radical (unpaired) electrons. The van der Waals surface area contributed by atoms with Gasteiger partial charge < -0.3 is 5.11 Å². The van der Waals surface area contributed by atoms with Crippen molar-refractivity contribution in [2.75, 3.05) is 8.86 Å². The summed E-state index contributed by atoms with van der Waals surface area (Å²) >= 11 is 4.69. The monoisotopic (exact) mass is 382 g/mol. The van der Waals surface area contributed by atoms with Gasteiger partial charge in [-0.05, 0) is 18.3 Å². The number of rotatable bonds is 5. The van der Waals surface area contributed by atoms with E-state index in [1.54, 1.807) is 0 Å². The van der Waals surface area contributed by atoms with Gasteiger partial charge in [0.2, 0.25) is 0 Å². The first-order chi connectivity index (χ1) is 5.11. The van der Waals surface area contributed by atoms with Crippen molar-refractivity contribution in [3.8, 4) is 0 Å². The predicted octanol–water partition coefficient (Wildman–Crippen LogP) is 2.88. The molecule has 0 aromatic carbocycles. The van der Waals surface area contributed by atoms with Crippen molar-refractivity contribution in [2.24, 2.45) is 11.8 Å². The summed E-state index contributed by atoms with van der Waals surface area (Å²) in [6, 6.07) is 0. The number of aliphatic hydroxyl groups is 1. The molecule has 0 saturated carbocycles. The minimum atomic E-state index is -0.100. The zero-order valence-corrected chi connectivity index (χ0v) is 11.4. The van der Waals surface area contributed by atoms with Crippen molar-refractivity contribution in [2.45, 2.75) is 26.4 Å². The summed E-state index contributed by atoms with van der Waals surface area (Å²) in [6.07, 6.45) is 0.851. The Morgan fingerprint density at radius 3 is 2.09 bits per heavy atom. The average Bonchev–Trinajstić information content (AvgIpc) is 2.02. The summed E-state index contributed by atoms with van der Waals surface area (Å²) in [5, 5.41) is 9.61. The van der Waals surface area contributed by atoms with Crippen LogP contribution in [-0.2, 0) is 0 Å². The van der Waals surface area contributed by atoms with Gasteiger partial charge in [-0.1, -0.05) is 59.0 Å². The molecule has 1 nitrogen and oxygen atoms in total. The van der Waals surface area contributed by atoms with Crippen LogP contribution in [-0.4, -0.2) is 20.1 Å². The van der Waals surface area contributed by atoms with Crippen molar-refractivity contribution in [3.05, 3.63) is 0 Å². The molecule has 0 spiro atoms. The fraction of sp³-hybridized carbons (Fsp3) is 1.00. The smallest absolute Gasteiger partial charge is 0.0575 e. The van der Waals surface area contributed by atoms with E-state index in [2.05, 4.69) is 59.0 Å². The van der Waals surface area contributed by atoms with E-state index < -0.39 is 0 Å². The van der Waals surface area contributed by atoms with Crippen LogP contribution in [0.15, 0.2) is 0 Å². The number of halogens is 2. The zero-order chi connectivity index (χ0) is 8.85. The van der Waals surface area contributed by atoms with E-state index in [0.717, 1.165) is 15.3 Å². The standard InChI is InChI=1S/C8H16I2O/c1-6(4-9)3-8(11)7(2)5-10/h6-8,11H,3-5H2,1-2H3. The van der Waals surface area contributed by atoms with E-state index in [1.165, 1.54) is 0 Å². The normalized spacial score (nSPS) is 19.4. The van der Waals surface area contributed by atoms with Gasteiger partial charge in [-0.2, -0.15) is 0 Å². The predicted molar refractivity (Wildman–Crippen MR) is 66.7 cm³/mol. The van der Waals surface area contributed by atoms with Crippen LogP contribution in [0.4, 0.5) is 0 Å². The molecule has 1 N–H and O–H groups in total. The summed E-state index contributed by atoms with van der Waals surface area (Å²) in [6.45, 7) is 4.30. The van der Waals surface area contributed by atoms with Crippen LogP contribution in [0.25, 0.3) is 0 Å². The molecule has 0 aliphatic carbocycles. The average molecular weight is 382 g/mol. The Hall–Kier alpha value is 1.42. The molecule has 0 bridgehead atoms. The van der Waals surface area contributed by atoms with E-state index >= 15 is 0 Å². The molecule has 0 heterocycles. The van der Waals surface area contributed by atoms with Gasteiger partial charge in [-0.25, -0.2) is 0 Å². The van der Waals surface area contributed by atoms with E-state index in [9.17, 15) is 5.11 Å². The molecule has 3 heteroatoms. The lowest BCUT2D eigenvalue weighted by atomic mass is 9.98. The fourth-order valence-electron chi connectivity index (χ4n) is 0.810. The molecule has 0 aromatic rings. The van der Waals surface area contributed by atoms with Gasteiger partial charge in [0.25, 0.3) is 0 Å². The van der Waals surface area contributed by atoms with Crippen LogP contribution in [0.5, 0.6) is 0 Å². The fourth-order valence-corrected chi connectivity index (χ4v) is 1.76. The highest BCUT2D eigenvalue weighted by Gasteiger charge is 2.15. The highest BCUT2D eigenvalue weighted by molar-refractivity contribution is 14.1. The molecule has 0 fully saturated rings. The molecular weight excluding hydrogens is 366 g/mol. The van der Waals surface area contributed by atoms with E-state index in [-0.39, 0.29) is 6.10 Å². The molecule has 0 rings (SSSR count). The third-order valence-electron chi connectivity index (χ3n) is 1.81. The maximum absolute atomic E-state index is 9.61. The Labute approximate surface area is 96.6 Å². The first kappa shape index (κ1) is 12.4. The lowest BCUT2D eigenvalue weighted by molar-refractivity contribution is 0.107. The largest absolute Gasteiger partial charge is 0.393 e. The molecule has 0 amide bonds. The van der Waals surface area contributed by atoms with Gasteiger partial charge in [0.1, 0.15) is 0 Å². The summed E-state index contributed by atoms with van der Waals surface area (Å²) in [4.78, 5) is 0. The van der Waals surface area contributed by atoms with Crippen molar-refractivity contribution < 1.29 is 5.11 Å². The van der Waals surface area contributed by atoms with Gasteiger partial charge in [-0.15, -0.1) is 0 Å². The quantitative estimate of drug-likeness (QED) is 0.573. The summed E-state index contributed by atoms with van der Waals surface area (Å²) in [5.74, 6) is 1.09. The molecule has 0 aliphatic heterocycles. The van der Waals surface area contributed by atoms with E-state index in [4.69, 9.17) is 0 Å². The van der Waals surface area contributed by atoms with Gasteiger partial charge in [0, 0.05) is 8.86 Å². The highest BCUT2D eigenvalue weighted by Crippen LogP contribution is 2.16. The van der Waals surface area contributed by atoms with Gasteiger partial charge in [-0.3, -0.25) is 0 Å². The van der Waals surface area contributed by atoms with Crippen molar-refractivity contribution in [3.63, 3.8) is 0 Å². The van der Waals surface area contributed by atoms with Crippen LogP contribution in [0.2, 0.25) is 0 Å². The molecule has 0 saturated heterocycles. The molecule has 3 atom stereocenters. The SMILES string of the molecule is CC(CI)CC(O)C(C)CI. The Bertz CT molecular complexity index is 98.1. The molecule has 11 heavy (non-hydrogen) atoms. The maximum atomic E-state index is 9.61. The Balaban J connectivity index is 3.58. The molecule has 68 valence electrons. The second-order valence-electron chi connectivity index (χ2n) is 3.19. The summed E-state index contributed by atoms with van der Waals surface area (Å²) < 4.78 is 2.19. The second-order valence-corrected chi connectivity index (χ2v) is 4.96. The van der Waals surface area contributed by atoms with Crippen molar-refractivity contribution in [1.82, 2.24) is 0 Å². The van der Waals surface area contributed by atoms with E-state index in [0.29, 0.717) is 11.8 Å². The summed E-state index contributed by atoms with van der Waals surface area (Å²) in [7, 11) is 0. The number of hydrogen-bond acceptors (Lipinski definition) is 1. The number of hydrogen-bond donors (Lipinski definition) is 1. The second kappa shape index (κ2) is 6.88. The first-order valence-corrected chi connectivity index (χ1v) is 6.96. The Morgan fingerprint density at radius 2 is 1.73 bits per heavy atom. The minimum absolute atomic E-state index is 0.100. The lowest BCUT2D eigenvalue weighted by Crippen LogP contribution is -2.21. The zero-order valence-electron chi connectivity index (χ0n) is 7.06. The van der Waals surface area contributed by atoms with Gasteiger partial charge >= 0.3 is 0 Å². The molecule has 0 aliphatic rings.